The van der Waals surface area contributed by atoms with Gasteiger partial charge in [0.15, 0.2) is 0 Å². The van der Waals surface area contributed by atoms with Crippen molar-refractivity contribution in [1.29, 1.82) is 0 Å². The van der Waals surface area contributed by atoms with Gasteiger partial charge in [0.2, 0.25) is 0 Å². The third-order valence-corrected chi connectivity index (χ3v) is 12.0. The molecule has 2 heteroatoms. The first-order chi connectivity index (χ1) is 24.7. The number of benzene rings is 8. The van der Waals surface area contributed by atoms with E-state index in [2.05, 4.69) is 194 Å². The average Bonchev–Trinajstić information content (AvgIpc) is 3.69. The molecule has 1 heterocycles. The van der Waals surface area contributed by atoms with Gasteiger partial charge in [-0.2, -0.15) is 0 Å². The molecule has 0 aliphatic heterocycles. The third-order valence-electron chi connectivity index (χ3n) is 10.7. The summed E-state index contributed by atoms with van der Waals surface area (Å²) < 4.78 is 2.73. The van der Waals surface area contributed by atoms with Gasteiger partial charge in [-0.3, -0.25) is 0 Å². The molecule has 0 fully saturated rings. The highest BCUT2D eigenvalue weighted by Gasteiger charge is 2.41. The van der Waals surface area contributed by atoms with Crippen LogP contribution in [0, 0.1) is 0 Å². The van der Waals surface area contributed by atoms with Crippen molar-refractivity contribution in [3.63, 3.8) is 0 Å². The minimum atomic E-state index is -0.270. The van der Waals surface area contributed by atoms with E-state index in [-0.39, 0.29) is 5.41 Å². The molecule has 9 aromatic rings. The summed E-state index contributed by atoms with van der Waals surface area (Å²) in [5.74, 6) is 0. The largest absolute Gasteiger partial charge is 0.311 e. The van der Waals surface area contributed by atoms with Crippen LogP contribution < -0.4 is 4.90 Å². The molecule has 0 amide bonds. The fourth-order valence-corrected chi connectivity index (χ4v) is 9.47. The van der Waals surface area contributed by atoms with Crippen molar-refractivity contribution in [2.75, 3.05) is 4.90 Å². The maximum Gasteiger partial charge on any atom is 0.0462 e. The lowest BCUT2D eigenvalue weighted by Crippen LogP contribution is -2.22. The molecule has 0 spiro atoms. The Morgan fingerprint density at radius 1 is 0.460 bits per heavy atom. The quantitative estimate of drug-likeness (QED) is 0.178. The maximum atomic E-state index is 2.41. The smallest absolute Gasteiger partial charge is 0.0462 e. The van der Waals surface area contributed by atoms with E-state index in [9.17, 15) is 0 Å². The molecule has 0 saturated heterocycles. The molecular weight excluding hydrogens is 623 g/mol. The molecule has 1 atom stereocenters. The first kappa shape index (κ1) is 29.0. The second-order valence-electron chi connectivity index (χ2n) is 13.5. The van der Waals surface area contributed by atoms with E-state index in [1.165, 1.54) is 69.9 Å². The minimum Gasteiger partial charge on any atom is -0.311 e. The van der Waals surface area contributed by atoms with Crippen molar-refractivity contribution in [2.24, 2.45) is 0 Å². The number of thiophene rings is 1. The number of rotatable bonds is 5. The Morgan fingerprint density at radius 3 is 1.92 bits per heavy atom. The van der Waals surface area contributed by atoms with Gasteiger partial charge in [-0.25, -0.2) is 0 Å². The van der Waals surface area contributed by atoms with Gasteiger partial charge in [-0.05, 0) is 99.6 Å². The number of para-hydroxylation sites is 1. The third kappa shape index (κ3) is 4.39. The van der Waals surface area contributed by atoms with Crippen LogP contribution in [0.3, 0.4) is 0 Å². The SMILES string of the molecule is CC1(c2ccc(N(c3ccccc3)c3ccc(-c4ccc5ccccc5c4)cc3)cc2)c2ccccc2-c2c1ccc1c2sc2ccccc21. The number of fused-ring (bicyclic) bond motifs is 8. The maximum absolute atomic E-state index is 2.41. The number of hydrogen-bond acceptors (Lipinski definition) is 2. The van der Waals surface area contributed by atoms with E-state index in [1.807, 2.05) is 11.3 Å². The lowest BCUT2D eigenvalue weighted by molar-refractivity contribution is 0.714. The lowest BCUT2D eigenvalue weighted by Gasteiger charge is -2.30. The number of nitrogens with zero attached hydrogens (tertiary/aromatic N) is 1. The van der Waals surface area contributed by atoms with Gasteiger partial charge in [0.25, 0.3) is 0 Å². The second kappa shape index (κ2) is 11.3. The summed E-state index contributed by atoms with van der Waals surface area (Å²) in [6.07, 6.45) is 0. The summed E-state index contributed by atoms with van der Waals surface area (Å²) in [7, 11) is 0. The van der Waals surface area contributed by atoms with Gasteiger partial charge in [-0.1, -0.05) is 133 Å². The van der Waals surface area contributed by atoms with Crippen LogP contribution in [0.1, 0.15) is 23.6 Å². The van der Waals surface area contributed by atoms with Crippen LogP contribution in [0.15, 0.2) is 182 Å². The molecule has 1 unspecified atom stereocenters. The Balaban J connectivity index is 1.06. The van der Waals surface area contributed by atoms with E-state index < -0.39 is 0 Å². The van der Waals surface area contributed by atoms with Gasteiger partial charge in [-0.15, -0.1) is 11.3 Å². The predicted octanol–water partition coefficient (Wildman–Crippen LogP) is 13.7. The van der Waals surface area contributed by atoms with Gasteiger partial charge in [0.05, 0.1) is 0 Å². The molecule has 1 aliphatic carbocycles. The zero-order valence-corrected chi connectivity index (χ0v) is 28.5. The Morgan fingerprint density at radius 2 is 1.10 bits per heavy atom. The summed E-state index contributed by atoms with van der Waals surface area (Å²) in [6, 6.07) is 66.8. The highest BCUT2D eigenvalue weighted by atomic mass is 32.1. The zero-order valence-electron chi connectivity index (χ0n) is 27.7. The number of hydrogen-bond donors (Lipinski definition) is 0. The standard InChI is InChI=1S/C48H33NS/c1-48(43-17-9-7-16-42(43)46-44(48)30-29-41-40-15-8-10-18-45(40)50-47(41)46)36-23-27-39(28-24-36)49(37-13-3-2-4-14-37)38-25-21-33(22-26-38)35-20-19-32-11-5-6-12-34(32)31-35/h2-31H,1H3. The topological polar surface area (TPSA) is 3.24 Å². The van der Waals surface area contributed by atoms with Crippen molar-refractivity contribution >= 4 is 59.3 Å². The highest BCUT2D eigenvalue weighted by molar-refractivity contribution is 7.26. The van der Waals surface area contributed by atoms with Crippen LogP contribution in [-0.2, 0) is 5.41 Å². The molecule has 1 nitrogen and oxygen atoms in total. The Kier molecular flexibility index (Phi) is 6.55. The summed E-state index contributed by atoms with van der Waals surface area (Å²) in [5, 5.41) is 5.22. The molecule has 8 aromatic carbocycles. The molecule has 1 aromatic heterocycles. The summed E-state index contributed by atoms with van der Waals surface area (Å²) >= 11 is 1.92. The van der Waals surface area contributed by atoms with E-state index in [0.717, 1.165) is 17.1 Å². The number of anilines is 3. The second-order valence-corrected chi connectivity index (χ2v) is 14.5. The summed E-state index contributed by atoms with van der Waals surface area (Å²) in [6.45, 7) is 2.41. The fraction of sp³-hybridized carbons (Fsp3) is 0.0417. The molecule has 50 heavy (non-hydrogen) atoms. The highest BCUT2D eigenvalue weighted by Crippen LogP contribution is 2.56. The predicted molar refractivity (Wildman–Crippen MR) is 214 cm³/mol. The van der Waals surface area contributed by atoms with Crippen molar-refractivity contribution in [1.82, 2.24) is 0 Å². The summed E-state index contributed by atoms with van der Waals surface area (Å²) in [4.78, 5) is 2.35. The molecular formula is C48H33NS. The van der Waals surface area contributed by atoms with Crippen LogP contribution in [-0.4, -0.2) is 0 Å². The van der Waals surface area contributed by atoms with Crippen molar-refractivity contribution < 1.29 is 0 Å². The van der Waals surface area contributed by atoms with E-state index in [1.54, 1.807) is 0 Å². The molecule has 0 bridgehead atoms. The minimum absolute atomic E-state index is 0.270. The summed E-state index contributed by atoms with van der Waals surface area (Å²) in [5.41, 5.74) is 12.4. The molecule has 236 valence electrons. The van der Waals surface area contributed by atoms with Crippen LogP contribution >= 0.6 is 11.3 Å². The van der Waals surface area contributed by atoms with Gasteiger partial charge in [0.1, 0.15) is 0 Å². The average molecular weight is 656 g/mol. The normalized spacial score (nSPS) is 15.0. The van der Waals surface area contributed by atoms with E-state index >= 15 is 0 Å². The lowest BCUT2D eigenvalue weighted by atomic mass is 9.74. The van der Waals surface area contributed by atoms with E-state index in [0.29, 0.717) is 0 Å². The molecule has 1 aliphatic rings. The van der Waals surface area contributed by atoms with Crippen molar-refractivity contribution in [3.05, 3.63) is 199 Å². The zero-order chi connectivity index (χ0) is 33.2. The molecule has 0 N–H and O–H groups in total. The van der Waals surface area contributed by atoms with E-state index in [4.69, 9.17) is 0 Å². The van der Waals surface area contributed by atoms with Gasteiger partial charge in [0, 0.05) is 48.2 Å². The Hall–Kier alpha value is -5.96. The van der Waals surface area contributed by atoms with Crippen LogP contribution in [0.4, 0.5) is 17.1 Å². The molecule has 10 rings (SSSR count). The molecule has 0 radical (unpaired) electrons. The monoisotopic (exact) mass is 655 g/mol. The van der Waals surface area contributed by atoms with Crippen LogP contribution in [0.2, 0.25) is 0 Å². The fourth-order valence-electron chi connectivity index (χ4n) is 8.21. The molecule has 0 saturated carbocycles. The Labute approximate surface area is 296 Å². The van der Waals surface area contributed by atoms with Crippen molar-refractivity contribution in [3.8, 4) is 22.3 Å². The Bertz CT molecular complexity index is 2700. The van der Waals surface area contributed by atoms with Crippen LogP contribution in [0.5, 0.6) is 0 Å². The van der Waals surface area contributed by atoms with Crippen LogP contribution in [0.25, 0.3) is 53.2 Å². The first-order valence-electron chi connectivity index (χ1n) is 17.3. The van der Waals surface area contributed by atoms with Crippen molar-refractivity contribution in [2.45, 2.75) is 12.3 Å². The van der Waals surface area contributed by atoms with Gasteiger partial charge < -0.3 is 4.90 Å². The first-order valence-corrected chi connectivity index (χ1v) is 18.1. The van der Waals surface area contributed by atoms with Gasteiger partial charge >= 0.3 is 0 Å².